The van der Waals surface area contributed by atoms with Crippen molar-refractivity contribution in [1.29, 1.82) is 0 Å². The maximum atomic E-state index is 12.2. The lowest BCUT2D eigenvalue weighted by molar-refractivity contribution is 0.0264. The van der Waals surface area contributed by atoms with E-state index < -0.39 is 11.5 Å². The molecule has 0 bridgehead atoms. The summed E-state index contributed by atoms with van der Waals surface area (Å²) in [6, 6.07) is 1.33. The van der Waals surface area contributed by atoms with E-state index in [1.54, 1.807) is 11.3 Å². The van der Waals surface area contributed by atoms with Gasteiger partial charge in [-0.3, -0.25) is 4.79 Å². The Morgan fingerprint density at radius 3 is 3.14 bits per heavy atom. The van der Waals surface area contributed by atoms with Crippen LogP contribution in [0.5, 0.6) is 0 Å². The molecule has 0 aromatic carbocycles. The molecule has 2 aromatic rings. The molecule has 0 unspecified atom stereocenters. The van der Waals surface area contributed by atoms with Gasteiger partial charge >= 0.3 is 5.97 Å². The Balaban J connectivity index is 1.81. The summed E-state index contributed by atoms with van der Waals surface area (Å²) >= 11 is 7.36. The molecule has 2 aromatic heterocycles. The Morgan fingerprint density at radius 1 is 1.59 bits per heavy atom. The second kappa shape index (κ2) is 6.22. The lowest BCUT2D eigenvalue weighted by Crippen LogP contribution is -2.17. The van der Waals surface area contributed by atoms with Crippen LogP contribution in [0.3, 0.4) is 0 Å². The summed E-state index contributed by atoms with van der Waals surface area (Å²) in [6.07, 6.45) is 4.62. The number of halogens is 1. The second-order valence-electron chi connectivity index (χ2n) is 5.12. The SMILES string of the molecule is CCc1nc2c(s1)[C@H](OC(=O)c1c[nH]c(=O)c(Cl)c1)CCC2. The van der Waals surface area contributed by atoms with E-state index >= 15 is 0 Å². The van der Waals surface area contributed by atoms with Crippen LogP contribution in [0.1, 0.15) is 51.8 Å². The van der Waals surface area contributed by atoms with Crippen molar-refractivity contribution in [2.75, 3.05) is 0 Å². The average Bonchev–Trinajstić information content (AvgIpc) is 2.94. The molecule has 0 fully saturated rings. The molecular formula is C15H15ClN2O3S. The van der Waals surface area contributed by atoms with Crippen molar-refractivity contribution in [2.24, 2.45) is 0 Å². The summed E-state index contributed by atoms with van der Waals surface area (Å²) in [5, 5.41) is 1.05. The molecular weight excluding hydrogens is 324 g/mol. The molecule has 0 radical (unpaired) electrons. The first-order chi connectivity index (χ1) is 10.6. The van der Waals surface area contributed by atoms with Gasteiger partial charge in [-0.25, -0.2) is 9.78 Å². The highest BCUT2D eigenvalue weighted by molar-refractivity contribution is 7.11. The van der Waals surface area contributed by atoms with Crippen molar-refractivity contribution < 1.29 is 9.53 Å². The van der Waals surface area contributed by atoms with Gasteiger partial charge in [-0.15, -0.1) is 11.3 Å². The van der Waals surface area contributed by atoms with Crippen LogP contribution in [0.15, 0.2) is 17.1 Å². The molecule has 0 amide bonds. The predicted molar refractivity (Wildman–Crippen MR) is 84.7 cm³/mol. The first-order valence-corrected chi connectivity index (χ1v) is 8.35. The standard InChI is InChI=1S/C15H15ClN2O3S/c1-2-12-18-10-4-3-5-11(13(10)22-12)21-15(20)8-6-9(16)14(19)17-7-8/h6-7,11H,2-5H2,1H3,(H,17,19)/t11-/m1/s1. The minimum Gasteiger partial charge on any atom is -0.453 e. The number of fused-ring (bicyclic) bond motifs is 1. The largest absolute Gasteiger partial charge is 0.453 e. The van der Waals surface area contributed by atoms with E-state index in [1.165, 1.54) is 12.3 Å². The van der Waals surface area contributed by atoms with E-state index in [9.17, 15) is 9.59 Å². The Hall–Kier alpha value is -1.66. The van der Waals surface area contributed by atoms with Crippen LogP contribution in [0, 0.1) is 0 Å². The summed E-state index contributed by atoms with van der Waals surface area (Å²) in [4.78, 5) is 31.5. The topological polar surface area (TPSA) is 72.0 Å². The van der Waals surface area contributed by atoms with Gasteiger partial charge in [0, 0.05) is 6.20 Å². The number of carbonyl (C=O) groups excluding carboxylic acids is 1. The highest BCUT2D eigenvalue weighted by Gasteiger charge is 2.28. The summed E-state index contributed by atoms with van der Waals surface area (Å²) in [5.74, 6) is -0.484. The zero-order chi connectivity index (χ0) is 15.7. The number of nitrogens with zero attached hydrogens (tertiary/aromatic N) is 1. The predicted octanol–water partition coefficient (Wildman–Crippen LogP) is 3.28. The van der Waals surface area contributed by atoms with Crippen LogP contribution in [0.2, 0.25) is 5.02 Å². The summed E-state index contributed by atoms with van der Waals surface area (Å²) in [6.45, 7) is 2.06. The number of rotatable bonds is 3. The average molecular weight is 339 g/mol. The van der Waals surface area contributed by atoms with Gasteiger partial charge in [0.05, 0.1) is 21.1 Å². The van der Waals surface area contributed by atoms with Crippen molar-refractivity contribution in [3.8, 4) is 0 Å². The molecule has 1 N–H and O–H groups in total. The molecule has 3 rings (SSSR count). The quantitative estimate of drug-likeness (QED) is 0.872. The fourth-order valence-corrected chi connectivity index (χ4v) is 3.75. The van der Waals surface area contributed by atoms with E-state index in [0.29, 0.717) is 0 Å². The number of aromatic amines is 1. The maximum absolute atomic E-state index is 12.2. The Kier molecular flexibility index (Phi) is 4.31. The van der Waals surface area contributed by atoms with Crippen molar-refractivity contribution in [3.63, 3.8) is 0 Å². The van der Waals surface area contributed by atoms with Crippen LogP contribution in [-0.4, -0.2) is 15.9 Å². The lowest BCUT2D eigenvalue weighted by atomic mass is 10.0. The summed E-state index contributed by atoms with van der Waals surface area (Å²) < 4.78 is 5.61. The van der Waals surface area contributed by atoms with Crippen molar-refractivity contribution in [1.82, 2.24) is 9.97 Å². The molecule has 1 aliphatic carbocycles. The van der Waals surface area contributed by atoms with Gasteiger partial charge < -0.3 is 9.72 Å². The van der Waals surface area contributed by atoms with Gasteiger partial charge in [-0.2, -0.15) is 0 Å². The van der Waals surface area contributed by atoms with Crippen LogP contribution >= 0.6 is 22.9 Å². The van der Waals surface area contributed by atoms with Gasteiger partial charge in [-0.1, -0.05) is 18.5 Å². The summed E-state index contributed by atoms with van der Waals surface area (Å²) in [5.41, 5.74) is 0.871. The number of pyridine rings is 1. The number of thiazole rings is 1. The molecule has 116 valence electrons. The van der Waals surface area contributed by atoms with E-state index in [2.05, 4.69) is 16.9 Å². The highest BCUT2D eigenvalue weighted by Crippen LogP contribution is 2.37. The molecule has 22 heavy (non-hydrogen) atoms. The Bertz CT molecular complexity index is 768. The Labute approximate surface area is 136 Å². The molecule has 1 aliphatic rings. The highest BCUT2D eigenvalue weighted by atomic mass is 35.5. The number of esters is 1. The van der Waals surface area contributed by atoms with E-state index in [4.69, 9.17) is 16.3 Å². The molecule has 0 spiro atoms. The van der Waals surface area contributed by atoms with E-state index in [0.717, 1.165) is 41.3 Å². The fourth-order valence-electron chi connectivity index (χ4n) is 2.47. The third kappa shape index (κ3) is 2.94. The first-order valence-electron chi connectivity index (χ1n) is 7.16. The van der Waals surface area contributed by atoms with Crippen molar-refractivity contribution in [3.05, 3.63) is 48.8 Å². The number of aromatic nitrogens is 2. The third-order valence-corrected chi connectivity index (χ3v) is 5.20. The van der Waals surface area contributed by atoms with Gasteiger partial charge in [0.25, 0.3) is 5.56 Å². The minimum absolute atomic E-state index is 0.0233. The zero-order valence-corrected chi connectivity index (χ0v) is 13.6. The van der Waals surface area contributed by atoms with Crippen molar-refractivity contribution in [2.45, 2.75) is 38.7 Å². The van der Waals surface area contributed by atoms with E-state index in [-0.39, 0.29) is 16.7 Å². The molecule has 2 heterocycles. The number of nitrogens with one attached hydrogen (secondary N) is 1. The molecule has 7 heteroatoms. The number of ether oxygens (including phenoxy) is 1. The zero-order valence-electron chi connectivity index (χ0n) is 12.0. The minimum atomic E-state index is -0.484. The van der Waals surface area contributed by atoms with Gasteiger partial charge in [0.15, 0.2) is 0 Å². The number of hydrogen-bond donors (Lipinski definition) is 1. The van der Waals surface area contributed by atoms with Crippen LogP contribution in [0.4, 0.5) is 0 Å². The van der Waals surface area contributed by atoms with Crippen LogP contribution < -0.4 is 5.56 Å². The van der Waals surface area contributed by atoms with Crippen molar-refractivity contribution >= 4 is 28.9 Å². The Morgan fingerprint density at radius 2 is 2.41 bits per heavy atom. The number of hydrogen-bond acceptors (Lipinski definition) is 5. The first kappa shape index (κ1) is 15.2. The molecule has 1 atom stereocenters. The normalized spacial score (nSPS) is 17.1. The number of carbonyl (C=O) groups is 1. The maximum Gasteiger partial charge on any atom is 0.340 e. The number of aryl methyl sites for hydroxylation is 2. The monoisotopic (exact) mass is 338 g/mol. The van der Waals surface area contributed by atoms with Gasteiger partial charge in [0.2, 0.25) is 0 Å². The molecule has 0 saturated carbocycles. The molecule has 0 saturated heterocycles. The third-order valence-electron chi connectivity index (χ3n) is 3.59. The van der Waals surface area contributed by atoms with Gasteiger partial charge in [0.1, 0.15) is 11.1 Å². The van der Waals surface area contributed by atoms with Crippen LogP contribution in [0.25, 0.3) is 0 Å². The van der Waals surface area contributed by atoms with Gasteiger partial charge in [-0.05, 0) is 31.7 Å². The smallest absolute Gasteiger partial charge is 0.340 e. The van der Waals surface area contributed by atoms with Crippen LogP contribution in [-0.2, 0) is 17.6 Å². The summed E-state index contributed by atoms with van der Waals surface area (Å²) in [7, 11) is 0. The lowest BCUT2D eigenvalue weighted by Gasteiger charge is -2.21. The molecule has 0 aliphatic heterocycles. The van der Waals surface area contributed by atoms with E-state index in [1.807, 2.05) is 0 Å². The molecule has 5 nitrogen and oxygen atoms in total. The number of H-pyrrole nitrogens is 1. The second-order valence-corrected chi connectivity index (χ2v) is 6.65. The fraction of sp³-hybridized carbons (Fsp3) is 0.400.